The molecule has 0 saturated carbocycles. The van der Waals surface area contributed by atoms with Crippen molar-refractivity contribution in [3.63, 3.8) is 0 Å². The van der Waals surface area contributed by atoms with Crippen LogP contribution in [0.25, 0.3) is 0 Å². The van der Waals surface area contributed by atoms with Gasteiger partial charge in [0.15, 0.2) is 0 Å². The topological polar surface area (TPSA) is 72.9 Å². The van der Waals surface area contributed by atoms with Gasteiger partial charge in [0.05, 0.1) is 11.4 Å². The maximum Gasteiger partial charge on any atom is 0.274 e. The molecule has 1 aromatic carbocycles. The van der Waals surface area contributed by atoms with E-state index in [2.05, 4.69) is 5.32 Å². The molecule has 0 aliphatic carbocycles. The quantitative estimate of drug-likeness (QED) is 0.713. The molecule has 0 aromatic heterocycles. The highest BCUT2D eigenvalue weighted by Crippen LogP contribution is 2.35. The predicted octanol–water partition coefficient (Wildman–Crippen LogP) is 2.86. The van der Waals surface area contributed by atoms with E-state index in [0.717, 1.165) is 6.42 Å². The van der Waals surface area contributed by atoms with Gasteiger partial charge in [-0.3, -0.25) is 9.59 Å². The molecular formula is C21H22ClF2N3O3. The first-order chi connectivity index (χ1) is 14.3. The molecule has 1 aromatic rings. The number of fused-ring (bicyclic) bond motifs is 4. The summed E-state index contributed by atoms with van der Waals surface area (Å²) in [7, 11) is 0. The van der Waals surface area contributed by atoms with E-state index >= 15 is 0 Å². The Hall–Kier alpha value is -2.61. The fraction of sp³-hybridized carbons (Fsp3) is 0.429. The SMILES string of the molecule is Cc1cc(F)c(CNC(=O)C2=CN3C(=C(O)C2)C(=O)N2CCC[C@H](Cl)[C@H]3C2)c(F)c1. The Balaban J connectivity index is 1.55. The standard InChI is InChI=1S/C21H22ClF2N3O3/c1-11-5-15(23)13(16(24)6-11)8-25-20(29)12-7-18(28)19-21(30)26-4-2-3-14(22)17(10-26)27(19)9-12/h5-6,9,14,17,28H,2-4,7-8,10H2,1H3,(H,25,29)/t14-,17+/m0/s1. The number of carbonyl (C=O) groups excluding carboxylic acids is 2. The number of amides is 2. The fourth-order valence-corrected chi connectivity index (χ4v) is 4.56. The number of hydrogen-bond acceptors (Lipinski definition) is 4. The molecule has 3 heterocycles. The van der Waals surface area contributed by atoms with Crippen LogP contribution in [0.3, 0.4) is 0 Å². The van der Waals surface area contributed by atoms with Crippen LogP contribution in [0, 0.1) is 18.6 Å². The van der Waals surface area contributed by atoms with Gasteiger partial charge in [0.25, 0.3) is 5.91 Å². The van der Waals surface area contributed by atoms with Crippen molar-refractivity contribution in [2.45, 2.75) is 44.1 Å². The molecule has 2 fully saturated rings. The van der Waals surface area contributed by atoms with Crippen LogP contribution in [0.1, 0.15) is 30.4 Å². The second kappa shape index (κ2) is 7.91. The summed E-state index contributed by atoms with van der Waals surface area (Å²) in [5, 5.41) is 12.8. The molecule has 2 atom stereocenters. The van der Waals surface area contributed by atoms with Crippen LogP contribution in [0.2, 0.25) is 0 Å². The first-order valence-electron chi connectivity index (χ1n) is 9.83. The largest absolute Gasteiger partial charge is 0.510 e. The van der Waals surface area contributed by atoms with Crippen molar-refractivity contribution in [1.82, 2.24) is 15.1 Å². The van der Waals surface area contributed by atoms with Crippen molar-refractivity contribution in [3.05, 3.63) is 58.1 Å². The van der Waals surface area contributed by atoms with Crippen LogP contribution in [0.5, 0.6) is 0 Å². The molecule has 2 amide bonds. The maximum atomic E-state index is 14.0. The molecule has 3 aliphatic heterocycles. The molecule has 2 N–H and O–H groups in total. The number of aliphatic hydroxyl groups excluding tert-OH is 1. The Labute approximate surface area is 177 Å². The van der Waals surface area contributed by atoms with Crippen LogP contribution in [-0.4, -0.2) is 51.2 Å². The Morgan fingerprint density at radius 2 is 2.03 bits per heavy atom. The number of aryl methyl sites for hydroxylation is 1. The highest BCUT2D eigenvalue weighted by atomic mass is 35.5. The zero-order valence-corrected chi connectivity index (χ0v) is 17.2. The Bertz CT molecular complexity index is 955. The van der Waals surface area contributed by atoms with Crippen molar-refractivity contribution >= 4 is 23.4 Å². The number of hydrogen-bond donors (Lipinski definition) is 2. The molecule has 0 unspecified atom stereocenters. The van der Waals surface area contributed by atoms with E-state index in [9.17, 15) is 23.5 Å². The summed E-state index contributed by atoms with van der Waals surface area (Å²) in [5.41, 5.74) is 0.546. The lowest BCUT2D eigenvalue weighted by Crippen LogP contribution is -2.55. The van der Waals surface area contributed by atoms with Crippen LogP contribution in [0.4, 0.5) is 8.78 Å². The number of benzene rings is 1. The highest BCUT2D eigenvalue weighted by Gasteiger charge is 2.44. The minimum Gasteiger partial charge on any atom is -0.510 e. The molecule has 3 aliphatic rings. The zero-order valence-electron chi connectivity index (χ0n) is 16.4. The third-order valence-electron chi connectivity index (χ3n) is 5.77. The molecule has 0 spiro atoms. The number of piperazine rings is 1. The van der Waals surface area contributed by atoms with Gasteiger partial charge in [-0.25, -0.2) is 8.78 Å². The summed E-state index contributed by atoms with van der Waals surface area (Å²) in [6.45, 7) is 2.23. The molecule has 6 nitrogen and oxygen atoms in total. The summed E-state index contributed by atoms with van der Waals surface area (Å²) in [6, 6.07) is 2.13. The summed E-state index contributed by atoms with van der Waals surface area (Å²) in [5.74, 6) is -2.54. The third-order valence-corrected chi connectivity index (χ3v) is 6.28. The lowest BCUT2D eigenvalue weighted by molar-refractivity contribution is -0.132. The number of carbonyl (C=O) groups is 2. The number of rotatable bonds is 3. The van der Waals surface area contributed by atoms with Crippen LogP contribution in [-0.2, 0) is 16.1 Å². The molecule has 2 saturated heterocycles. The first-order valence-corrected chi connectivity index (χ1v) is 10.3. The van der Waals surface area contributed by atoms with E-state index < -0.39 is 17.5 Å². The van der Waals surface area contributed by atoms with Crippen LogP contribution >= 0.6 is 11.6 Å². The van der Waals surface area contributed by atoms with Gasteiger partial charge < -0.3 is 20.2 Å². The van der Waals surface area contributed by atoms with E-state index in [1.54, 1.807) is 16.7 Å². The molecule has 2 bridgehead atoms. The van der Waals surface area contributed by atoms with Gasteiger partial charge in [-0.2, -0.15) is 0 Å². The van der Waals surface area contributed by atoms with Crippen LogP contribution < -0.4 is 5.32 Å². The molecule has 9 heteroatoms. The normalized spacial score (nSPS) is 23.7. The Kier molecular flexibility index (Phi) is 5.44. The number of aliphatic hydroxyl groups is 1. The van der Waals surface area contributed by atoms with Crippen molar-refractivity contribution in [1.29, 1.82) is 0 Å². The second-order valence-corrected chi connectivity index (χ2v) is 8.46. The number of halogens is 3. The van der Waals surface area contributed by atoms with Crippen LogP contribution in [0.15, 0.2) is 35.4 Å². The first kappa shape index (κ1) is 20.7. The van der Waals surface area contributed by atoms with Gasteiger partial charge in [-0.05, 0) is 37.5 Å². The molecular weight excluding hydrogens is 416 g/mol. The lowest BCUT2D eigenvalue weighted by atomic mass is 9.99. The summed E-state index contributed by atoms with van der Waals surface area (Å²) < 4.78 is 28.1. The summed E-state index contributed by atoms with van der Waals surface area (Å²) in [6.07, 6.45) is 2.85. The monoisotopic (exact) mass is 437 g/mol. The summed E-state index contributed by atoms with van der Waals surface area (Å²) >= 11 is 6.52. The van der Waals surface area contributed by atoms with E-state index in [1.165, 1.54) is 18.3 Å². The molecule has 4 rings (SSSR count). The van der Waals surface area contributed by atoms with Gasteiger partial charge in [0.2, 0.25) is 5.91 Å². The van der Waals surface area contributed by atoms with Crippen molar-refractivity contribution in [2.24, 2.45) is 0 Å². The molecule has 30 heavy (non-hydrogen) atoms. The maximum absolute atomic E-state index is 14.0. The minimum atomic E-state index is -0.736. The minimum absolute atomic E-state index is 0.143. The number of nitrogens with one attached hydrogen (secondary N) is 1. The van der Waals surface area contributed by atoms with Crippen molar-refractivity contribution in [2.75, 3.05) is 13.1 Å². The molecule has 0 radical (unpaired) electrons. The van der Waals surface area contributed by atoms with Gasteiger partial charge in [-0.15, -0.1) is 11.6 Å². The smallest absolute Gasteiger partial charge is 0.274 e. The number of allylic oxidation sites excluding steroid dienone is 1. The highest BCUT2D eigenvalue weighted by molar-refractivity contribution is 6.21. The van der Waals surface area contributed by atoms with E-state index in [-0.39, 0.29) is 52.9 Å². The van der Waals surface area contributed by atoms with Gasteiger partial charge in [-0.1, -0.05) is 0 Å². The van der Waals surface area contributed by atoms with Gasteiger partial charge in [0.1, 0.15) is 23.1 Å². The van der Waals surface area contributed by atoms with Gasteiger partial charge >= 0.3 is 0 Å². The average molecular weight is 438 g/mol. The van der Waals surface area contributed by atoms with Crippen molar-refractivity contribution in [3.8, 4) is 0 Å². The number of nitrogens with zero attached hydrogens (tertiary/aromatic N) is 2. The van der Waals surface area contributed by atoms with Gasteiger partial charge in [0, 0.05) is 43.4 Å². The zero-order chi connectivity index (χ0) is 21.6. The average Bonchev–Trinajstić information content (AvgIpc) is 2.84. The number of alkyl halides is 1. The van der Waals surface area contributed by atoms with Crippen molar-refractivity contribution < 1.29 is 23.5 Å². The molecule has 160 valence electrons. The Morgan fingerprint density at radius 3 is 2.73 bits per heavy atom. The van der Waals surface area contributed by atoms with E-state index in [0.29, 0.717) is 25.1 Å². The summed E-state index contributed by atoms with van der Waals surface area (Å²) in [4.78, 5) is 28.7. The van der Waals surface area contributed by atoms with E-state index in [1.807, 2.05) is 0 Å². The fourth-order valence-electron chi connectivity index (χ4n) is 4.20. The third kappa shape index (κ3) is 3.64. The predicted molar refractivity (Wildman–Crippen MR) is 106 cm³/mol. The van der Waals surface area contributed by atoms with E-state index in [4.69, 9.17) is 11.6 Å². The second-order valence-electron chi connectivity index (χ2n) is 7.90. The Morgan fingerprint density at radius 1 is 1.33 bits per heavy atom. The lowest BCUT2D eigenvalue weighted by Gasteiger charge is -2.43.